The van der Waals surface area contributed by atoms with Gasteiger partial charge in [-0.3, -0.25) is 0 Å². The van der Waals surface area contributed by atoms with Gasteiger partial charge in [-0.25, -0.2) is 19.5 Å². The molecule has 0 fully saturated rings. The minimum Gasteiger partial charge on any atom is -0.494 e. The molecule has 1 heterocycles. The van der Waals surface area contributed by atoms with Gasteiger partial charge in [0.1, 0.15) is 24.2 Å². The number of rotatable bonds is 13. The Balaban J connectivity index is 1.55. The van der Waals surface area contributed by atoms with E-state index in [2.05, 4.69) is 16.9 Å². The lowest BCUT2D eigenvalue weighted by Gasteiger charge is -2.22. The zero-order valence-electron chi connectivity index (χ0n) is 21.0. The number of H-pyrrole nitrogens is 1. The molecule has 3 rings (SSSR count). The van der Waals surface area contributed by atoms with Crippen LogP contribution >= 0.6 is 0 Å². The number of hydrogen-bond acceptors (Lipinski definition) is 5. The molecule has 1 atom stereocenters. The Morgan fingerprint density at radius 1 is 1.00 bits per heavy atom. The largest absolute Gasteiger partial charge is 0.494 e. The summed E-state index contributed by atoms with van der Waals surface area (Å²) in [5, 5.41) is 9.64. The lowest BCUT2D eigenvalue weighted by molar-refractivity contribution is 0.0767. The van der Waals surface area contributed by atoms with Crippen molar-refractivity contribution in [2.75, 3.05) is 6.61 Å². The molecule has 8 nitrogen and oxygen atoms in total. The van der Waals surface area contributed by atoms with Crippen molar-refractivity contribution in [3.63, 3.8) is 0 Å². The molecule has 0 spiro atoms. The Kier molecular flexibility index (Phi) is 10.4. The summed E-state index contributed by atoms with van der Waals surface area (Å²) in [6.07, 6.45) is 6.56. The molecule has 0 aliphatic rings. The van der Waals surface area contributed by atoms with E-state index in [0.29, 0.717) is 23.0 Å². The van der Waals surface area contributed by atoms with Gasteiger partial charge in [0.25, 0.3) is 0 Å². The first-order valence-corrected chi connectivity index (χ1v) is 12.5. The first-order chi connectivity index (χ1) is 17.5. The van der Waals surface area contributed by atoms with Crippen LogP contribution in [0.4, 0.5) is 9.59 Å². The smallest absolute Gasteiger partial charge is 0.420 e. The number of nitrogens with zero attached hydrogens (tertiary/aromatic N) is 2. The number of carbonyl (C=O) groups is 2. The Morgan fingerprint density at radius 2 is 1.69 bits per heavy atom. The quantitative estimate of drug-likeness (QED) is 0.244. The second-order valence-corrected chi connectivity index (χ2v) is 8.69. The van der Waals surface area contributed by atoms with Gasteiger partial charge in [-0.1, -0.05) is 69.4 Å². The van der Waals surface area contributed by atoms with E-state index in [4.69, 9.17) is 9.47 Å². The predicted molar refractivity (Wildman–Crippen MR) is 138 cm³/mol. The van der Waals surface area contributed by atoms with Crippen molar-refractivity contribution >= 4 is 12.2 Å². The molecule has 0 aliphatic heterocycles. The fraction of sp³-hybridized carbons (Fsp3) is 0.393. The van der Waals surface area contributed by atoms with Crippen LogP contribution in [0.3, 0.4) is 0 Å². The number of aromatic amines is 1. The Morgan fingerprint density at radius 3 is 2.39 bits per heavy atom. The van der Waals surface area contributed by atoms with Crippen LogP contribution in [-0.2, 0) is 11.3 Å². The number of imide groups is 1. The number of hydrogen-bond donors (Lipinski definition) is 2. The fourth-order valence-corrected chi connectivity index (χ4v) is 3.81. The Labute approximate surface area is 212 Å². The van der Waals surface area contributed by atoms with Crippen LogP contribution in [0.15, 0.2) is 60.8 Å². The second kappa shape index (κ2) is 13.9. The van der Waals surface area contributed by atoms with Crippen molar-refractivity contribution < 1.29 is 24.2 Å². The van der Waals surface area contributed by atoms with Gasteiger partial charge in [-0.2, -0.15) is 0 Å². The van der Waals surface area contributed by atoms with E-state index in [1.165, 1.54) is 32.1 Å². The predicted octanol–water partition coefficient (Wildman–Crippen LogP) is 7.19. The van der Waals surface area contributed by atoms with Crippen LogP contribution < -0.4 is 4.74 Å². The highest BCUT2D eigenvalue weighted by molar-refractivity contribution is 5.87. The summed E-state index contributed by atoms with van der Waals surface area (Å²) in [6.45, 7) is 4.47. The van der Waals surface area contributed by atoms with E-state index in [0.717, 1.165) is 23.3 Å². The monoisotopic (exact) mass is 493 g/mol. The first-order valence-electron chi connectivity index (χ1n) is 12.5. The number of benzene rings is 2. The molecule has 2 amide bonds. The van der Waals surface area contributed by atoms with Crippen LogP contribution in [0.25, 0.3) is 11.3 Å². The molecule has 1 unspecified atom stereocenters. The molecule has 0 bridgehead atoms. The summed E-state index contributed by atoms with van der Waals surface area (Å²) < 4.78 is 11.1. The van der Waals surface area contributed by atoms with Crippen LogP contribution in [-0.4, -0.2) is 38.8 Å². The van der Waals surface area contributed by atoms with Crippen molar-refractivity contribution in [2.24, 2.45) is 0 Å². The Bertz CT molecular complexity index is 1080. The fourth-order valence-electron chi connectivity index (χ4n) is 3.81. The first kappa shape index (κ1) is 26.8. The average Bonchev–Trinajstić information content (AvgIpc) is 3.38. The average molecular weight is 494 g/mol. The summed E-state index contributed by atoms with van der Waals surface area (Å²) >= 11 is 0. The molecule has 2 N–H and O–H groups in total. The van der Waals surface area contributed by atoms with Crippen molar-refractivity contribution in [1.82, 2.24) is 14.9 Å². The number of carbonyl (C=O) groups excluding carboxylic acids is 1. The third-order valence-electron chi connectivity index (χ3n) is 5.92. The SMILES string of the molecule is CCCCCCCCOc1ccc(-c2cnc(C(C)N(C(=O)O)C(=O)OCc3ccccc3)[nH]2)cc1. The molecule has 0 saturated heterocycles. The maximum atomic E-state index is 12.5. The number of ether oxygens (including phenoxy) is 2. The zero-order chi connectivity index (χ0) is 25.8. The highest BCUT2D eigenvalue weighted by Crippen LogP contribution is 2.25. The Hall–Kier alpha value is -3.81. The summed E-state index contributed by atoms with van der Waals surface area (Å²) in [7, 11) is 0. The highest BCUT2D eigenvalue weighted by atomic mass is 16.6. The number of nitrogens with one attached hydrogen (secondary N) is 1. The van der Waals surface area contributed by atoms with Gasteiger partial charge in [0.15, 0.2) is 0 Å². The third-order valence-corrected chi connectivity index (χ3v) is 5.92. The van der Waals surface area contributed by atoms with E-state index in [1.807, 2.05) is 42.5 Å². The van der Waals surface area contributed by atoms with Gasteiger partial charge in [0.05, 0.1) is 18.5 Å². The van der Waals surface area contributed by atoms with Gasteiger partial charge in [0.2, 0.25) is 0 Å². The van der Waals surface area contributed by atoms with Crippen LogP contribution in [0.2, 0.25) is 0 Å². The van der Waals surface area contributed by atoms with Gasteiger partial charge >= 0.3 is 12.2 Å². The lowest BCUT2D eigenvalue weighted by atomic mass is 10.1. The number of unbranched alkanes of at least 4 members (excludes halogenated alkanes) is 5. The van der Waals surface area contributed by atoms with E-state index in [-0.39, 0.29) is 6.61 Å². The summed E-state index contributed by atoms with van der Waals surface area (Å²) in [6, 6.07) is 15.9. The van der Waals surface area contributed by atoms with Crippen LogP contribution in [0.1, 0.15) is 69.8 Å². The molecule has 36 heavy (non-hydrogen) atoms. The summed E-state index contributed by atoms with van der Waals surface area (Å²) in [5.41, 5.74) is 2.35. The van der Waals surface area contributed by atoms with Crippen LogP contribution in [0, 0.1) is 0 Å². The molecule has 1 aromatic heterocycles. The van der Waals surface area contributed by atoms with Gasteiger partial charge < -0.3 is 19.6 Å². The van der Waals surface area contributed by atoms with E-state index >= 15 is 0 Å². The minimum absolute atomic E-state index is 0.0210. The van der Waals surface area contributed by atoms with Crippen molar-refractivity contribution in [1.29, 1.82) is 0 Å². The molecular formula is C28H35N3O5. The third kappa shape index (κ3) is 7.86. The number of carboxylic acid groups (broad SMARTS) is 1. The van der Waals surface area contributed by atoms with Gasteiger partial charge in [0, 0.05) is 0 Å². The molecule has 3 aromatic rings. The van der Waals surface area contributed by atoms with Gasteiger partial charge in [-0.15, -0.1) is 0 Å². The number of aromatic nitrogens is 2. The summed E-state index contributed by atoms with van der Waals surface area (Å²) in [4.78, 5) is 32.4. The van der Waals surface area contributed by atoms with Crippen molar-refractivity contribution in [3.8, 4) is 17.0 Å². The molecule has 0 aliphatic carbocycles. The van der Waals surface area contributed by atoms with E-state index in [9.17, 15) is 14.7 Å². The molecule has 192 valence electrons. The number of amides is 2. The minimum atomic E-state index is -1.41. The number of imidazole rings is 1. The topological polar surface area (TPSA) is 105 Å². The maximum absolute atomic E-state index is 12.5. The second-order valence-electron chi connectivity index (χ2n) is 8.69. The van der Waals surface area contributed by atoms with E-state index < -0.39 is 18.2 Å². The maximum Gasteiger partial charge on any atom is 0.420 e. The van der Waals surface area contributed by atoms with Gasteiger partial charge in [-0.05, 0) is 48.7 Å². The zero-order valence-corrected chi connectivity index (χ0v) is 21.0. The molecule has 0 radical (unpaired) electrons. The molecule has 0 saturated carbocycles. The molecular weight excluding hydrogens is 458 g/mol. The van der Waals surface area contributed by atoms with Crippen molar-refractivity contribution in [2.45, 2.75) is 65.0 Å². The standard InChI is InChI=1S/C28H35N3O5/c1-3-4-5-6-7-11-18-35-24-16-14-23(15-17-24)25-19-29-26(30-25)21(2)31(27(32)33)28(34)36-20-22-12-9-8-10-13-22/h8-10,12-17,19,21H,3-7,11,18,20H2,1-2H3,(H,29,30)(H,32,33). The van der Waals surface area contributed by atoms with E-state index in [1.54, 1.807) is 25.3 Å². The highest BCUT2D eigenvalue weighted by Gasteiger charge is 2.31. The molecule has 2 aromatic carbocycles. The van der Waals surface area contributed by atoms with Crippen LogP contribution in [0.5, 0.6) is 5.75 Å². The normalized spacial score (nSPS) is 11.6. The lowest BCUT2D eigenvalue weighted by Crippen LogP contribution is -2.38. The van der Waals surface area contributed by atoms with Crippen molar-refractivity contribution in [3.05, 3.63) is 72.2 Å². The summed E-state index contributed by atoms with van der Waals surface area (Å²) in [5.74, 6) is 1.14. The molecule has 8 heteroatoms.